The Labute approximate surface area is 86.8 Å². The molecule has 0 fully saturated rings. The lowest BCUT2D eigenvalue weighted by atomic mass is 10.5. The van der Waals surface area contributed by atoms with Crippen molar-refractivity contribution in [2.24, 2.45) is 0 Å². The van der Waals surface area contributed by atoms with Gasteiger partial charge >= 0.3 is 0 Å². The van der Waals surface area contributed by atoms with Crippen LogP contribution in [0.4, 0.5) is 0 Å². The number of hydrogen-bond donors (Lipinski definition) is 0. The summed E-state index contributed by atoms with van der Waals surface area (Å²) in [5.74, 6) is 0. The second kappa shape index (κ2) is 4.91. The van der Waals surface area contributed by atoms with Gasteiger partial charge in [-0.3, -0.25) is 0 Å². The summed E-state index contributed by atoms with van der Waals surface area (Å²) in [6, 6.07) is 9.98. The highest BCUT2D eigenvalue weighted by molar-refractivity contribution is 9.11. The minimum absolute atomic E-state index is 1.08. The zero-order valence-corrected chi connectivity index (χ0v) is 9.62. The van der Waals surface area contributed by atoms with Crippen molar-refractivity contribution in [3.05, 3.63) is 44.0 Å². The molecule has 0 bridgehead atoms. The Morgan fingerprint density at radius 1 is 1.00 bits per heavy atom. The third-order valence-corrected chi connectivity index (χ3v) is 3.34. The molecule has 0 saturated carbocycles. The molecule has 0 atom stereocenters. The summed E-state index contributed by atoms with van der Waals surface area (Å²) in [7, 11) is 0. The summed E-state index contributed by atoms with van der Waals surface area (Å²) in [6.07, 6.45) is 0. The molecule has 0 aliphatic rings. The van der Waals surface area contributed by atoms with Crippen molar-refractivity contribution >= 4 is 43.2 Å². The number of hydrogen-bond acceptors (Lipinski definition) is 1. The molecule has 0 N–H and O–H groups in total. The van der Waals surface area contributed by atoms with Crippen LogP contribution in [-0.2, 0) is 0 Å². The van der Waals surface area contributed by atoms with E-state index >= 15 is 0 Å². The normalized spacial score (nSPS) is 8.91. The van der Waals surface area contributed by atoms with Gasteiger partial charge in [0, 0.05) is 9.85 Å². The van der Waals surface area contributed by atoms with Crippen molar-refractivity contribution in [1.82, 2.24) is 0 Å². The van der Waals surface area contributed by atoms with Crippen molar-refractivity contribution < 1.29 is 0 Å². The molecule has 3 heteroatoms. The predicted molar refractivity (Wildman–Crippen MR) is 57.3 cm³/mol. The van der Waals surface area contributed by atoms with E-state index in [0.717, 1.165) is 8.26 Å². The molecule has 1 rings (SSSR count). The first kappa shape index (κ1) is 9.23. The van der Waals surface area contributed by atoms with E-state index in [-0.39, 0.29) is 0 Å². The van der Waals surface area contributed by atoms with Crippen molar-refractivity contribution in [2.75, 3.05) is 0 Å². The van der Waals surface area contributed by atoms with Gasteiger partial charge in [-0.1, -0.05) is 18.2 Å². The van der Waals surface area contributed by atoms with Gasteiger partial charge in [-0.15, -0.1) is 11.3 Å². The van der Waals surface area contributed by atoms with Gasteiger partial charge in [0.15, 0.2) is 0 Å². The molecule has 0 aliphatic carbocycles. The topological polar surface area (TPSA) is 0 Å². The van der Waals surface area contributed by atoms with Gasteiger partial charge in [0.2, 0.25) is 0 Å². The predicted octanol–water partition coefficient (Wildman–Crippen LogP) is 4.40. The summed E-state index contributed by atoms with van der Waals surface area (Å²) in [5, 5.41) is 2.03. The van der Waals surface area contributed by atoms with Crippen LogP contribution in [0, 0.1) is 0 Å². The van der Waals surface area contributed by atoms with E-state index in [2.05, 4.69) is 31.9 Å². The lowest BCUT2D eigenvalue weighted by molar-refractivity contribution is 1.77. The Bertz CT molecular complexity index is 252. The maximum absolute atomic E-state index is 3.41. The van der Waals surface area contributed by atoms with Crippen molar-refractivity contribution in [3.63, 3.8) is 0 Å². The molecule has 1 heterocycles. The monoisotopic (exact) mass is 292 g/mol. The summed E-state index contributed by atoms with van der Waals surface area (Å²) in [6.45, 7) is 0. The van der Waals surface area contributed by atoms with Gasteiger partial charge in [0.05, 0.1) is 3.79 Å². The fourth-order valence-corrected chi connectivity index (χ4v) is 1.86. The van der Waals surface area contributed by atoms with Gasteiger partial charge in [0.25, 0.3) is 0 Å². The van der Waals surface area contributed by atoms with Crippen LogP contribution in [0.1, 0.15) is 0 Å². The zero-order valence-electron chi connectivity index (χ0n) is 5.63. The van der Waals surface area contributed by atoms with E-state index in [4.69, 9.17) is 0 Å². The lowest BCUT2D eigenvalue weighted by Crippen LogP contribution is -1.46. The van der Waals surface area contributed by atoms with Crippen LogP contribution < -0.4 is 0 Å². The summed E-state index contributed by atoms with van der Waals surface area (Å²) >= 11 is 8.46. The molecule has 0 nitrogen and oxygen atoms in total. The Morgan fingerprint density at radius 2 is 1.73 bits per heavy atom. The second-order valence-corrected chi connectivity index (χ2v) is 5.04. The molecule has 0 aliphatic heterocycles. The molecular formula is C8H6Br2S. The highest BCUT2D eigenvalue weighted by Crippen LogP contribution is 2.15. The molecule has 11 heavy (non-hydrogen) atoms. The van der Waals surface area contributed by atoms with E-state index in [1.807, 2.05) is 35.7 Å². The maximum Gasteiger partial charge on any atom is 0.0698 e. The lowest BCUT2D eigenvalue weighted by Gasteiger charge is -1.77. The van der Waals surface area contributed by atoms with Gasteiger partial charge in [-0.2, -0.15) is 0 Å². The molecular weight excluding hydrogens is 288 g/mol. The number of rotatable bonds is 0. The van der Waals surface area contributed by atoms with Crippen molar-refractivity contribution in [3.8, 4) is 0 Å². The first-order valence-corrected chi connectivity index (χ1v) is 5.48. The molecule has 58 valence electrons. The van der Waals surface area contributed by atoms with E-state index in [0.29, 0.717) is 0 Å². The molecule has 1 aromatic rings. The third-order valence-electron chi connectivity index (χ3n) is 0.989. The minimum atomic E-state index is 1.08. The van der Waals surface area contributed by atoms with Gasteiger partial charge in [-0.25, -0.2) is 0 Å². The Kier molecular flexibility index (Phi) is 4.12. The SMILES string of the molecule is Brc1cccccc(Br)sc1. The highest BCUT2D eigenvalue weighted by atomic mass is 79.9. The summed E-state index contributed by atoms with van der Waals surface area (Å²) < 4.78 is 2.19. The fourth-order valence-electron chi connectivity index (χ4n) is 0.534. The van der Waals surface area contributed by atoms with Crippen LogP contribution in [0.5, 0.6) is 0 Å². The van der Waals surface area contributed by atoms with Crippen LogP contribution in [-0.4, -0.2) is 0 Å². The third kappa shape index (κ3) is 3.89. The van der Waals surface area contributed by atoms with Gasteiger partial charge in [0.1, 0.15) is 0 Å². The molecule has 0 aromatic carbocycles. The summed E-state index contributed by atoms with van der Waals surface area (Å²) in [5.41, 5.74) is 0. The van der Waals surface area contributed by atoms with Gasteiger partial charge < -0.3 is 0 Å². The van der Waals surface area contributed by atoms with Crippen LogP contribution >= 0.6 is 43.2 Å². The second-order valence-electron chi connectivity index (χ2n) is 1.84. The van der Waals surface area contributed by atoms with Crippen LogP contribution in [0.2, 0.25) is 0 Å². The Hall–Kier alpha value is 0.140. The highest BCUT2D eigenvalue weighted by Gasteiger charge is 1.79. The molecule has 0 spiro atoms. The Balaban J connectivity index is 3.23. The molecule has 1 aromatic heterocycles. The molecule has 0 amide bonds. The molecule has 0 unspecified atom stereocenters. The van der Waals surface area contributed by atoms with E-state index in [1.54, 1.807) is 11.3 Å². The largest absolute Gasteiger partial charge is 0.136 e. The first-order valence-electron chi connectivity index (χ1n) is 3.02. The maximum atomic E-state index is 3.41. The van der Waals surface area contributed by atoms with Crippen molar-refractivity contribution in [1.29, 1.82) is 0 Å². The van der Waals surface area contributed by atoms with E-state index in [9.17, 15) is 0 Å². The minimum Gasteiger partial charge on any atom is -0.136 e. The number of halogens is 2. The summed E-state index contributed by atoms with van der Waals surface area (Å²) in [4.78, 5) is 0. The van der Waals surface area contributed by atoms with Gasteiger partial charge in [-0.05, 0) is 44.0 Å². The van der Waals surface area contributed by atoms with E-state index < -0.39 is 0 Å². The average Bonchev–Trinajstić information content (AvgIpc) is 2.06. The van der Waals surface area contributed by atoms with Crippen LogP contribution in [0.25, 0.3) is 0 Å². The molecule has 0 radical (unpaired) electrons. The van der Waals surface area contributed by atoms with Crippen LogP contribution in [0.3, 0.4) is 0 Å². The average molecular weight is 294 g/mol. The Morgan fingerprint density at radius 3 is 2.55 bits per heavy atom. The quantitative estimate of drug-likeness (QED) is 0.665. The van der Waals surface area contributed by atoms with Crippen LogP contribution in [0.15, 0.2) is 44.0 Å². The standard InChI is InChI=1S/C8H6Br2S/c9-7-4-2-1-3-5-8(10)11-6-7/h1-6H. The smallest absolute Gasteiger partial charge is 0.0698 e. The van der Waals surface area contributed by atoms with E-state index in [1.165, 1.54) is 0 Å². The zero-order chi connectivity index (χ0) is 8.10. The molecule has 0 saturated heterocycles. The first-order chi connectivity index (χ1) is 5.29. The fraction of sp³-hybridized carbons (Fsp3) is 0. The van der Waals surface area contributed by atoms with Crippen molar-refractivity contribution in [2.45, 2.75) is 0 Å².